The van der Waals surface area contributed by atoms with Gasteiger partial charge in [-0.15, -0.1) is 11.3 Å². The third kappa shape index (κ3) is 4.12. The van der Waals surface area contributed by atoms with E-state index in [1.54, 1.807) is 32.9 Å². The molecule has 2 heterocycles. The van der Waals surface area contributed by atoms with E-state index in [0.29, 0.717) is 0 Å². The summed E-state index contributed by atoms with van der Waals surface area (Å²) in [7, 11) is -4.12. The van der Waals surface area contributed by atoms with E-state index in [1.807, 2.05) is 4.72 Å². The van der Waals surface area contributed by atoms with Gasteiger partial charge in [-0.3, -0.25) is 14.2 Å². The van der Waals surface area contributed by atoms with Crippen molar-refractivity contribution in [2.45, 2.75) is 38.1 Å². The number of carboxylic acids is 1. The first kappa shape index (κ1) is 21.7. The summed E-state index contributed by atoms with van der Waals surface area (Å²) < 4.78 is 27.9. The fraction of sp³-hybridized carbons (Fsp3) is 0.263. The van der Waals surface area contributed by atoms with Crippen molar-refractivity contribution in [2.75, 3.05) is 0 Å². The number of amides is 1. The van der Waals surface area contributed by atoms with Gasteiger partial charge in [-0.25, -0.2) is 22.9 Å². The standard InChI is InChI=1S/C19H19N3O6S2/c1-10(2)16-20-17-15(13(9-29-17)19(25)26)18(24)22(16)8-14(23)21-30(27,28)12-6-4-11(3)5-7-12/h4-7,9-10H,8H2,1-3H3,(H,21,23)(H,25,26). The number of thiophene rings is 1. The predicted molar refractivity (Wildman–Crippen MR) is 111 cm³/mol. The molecule has 0 aliphatic heterocycles. The van der Waals surface area contributed by atoms with Gasteiger partial charge in [0, 0.05) is 11.3 Å². The van der Waals surface area contributed by atoms with E-state index in [2.05, 4.69) is 4.98 Å². The van der Waals surface area contributed by atoms with Crippen LogP contribution in [-0.2, 0) is 21.4 Å². The highest BCUT2D eigenvalue weighted by Crippen LogP contribution is 2.24. The van der Waals surface area contributed by atoms with Crippen molar-refractivity contribution >= 4 is 43.5 Å². The third-order valence-corrected chi connectivity index (χ3v) is 6.61. The maximum Gasteiger partial charge on any atom is 0.337 e. The second kappa shape index (κ2) is 8.00. The molecular formula is C19H19N3O6S2. The van der Waals surface area contributed by atoms with Gasteiger partial charge in [-0.2, -0.15) is 0 Å². The highest BCUT2D eigenvalue weighted by atomic mass is 32.2. The van der Waals surface area contributed by atoms with Crippen LogP contribution in [0.3, 0.4) is 0 Å². The van der Waals surface area contributed by atoms with Crippen LogP contribution >= 0.6 is 11.3 Å². The van der Waals surface area contributed by atoms with Gasteiger partial charge in [0.15, 0.2) is 0 Å². The lowest BCUT2D eigenvalue weighted by Crippen LogP contribution is -2.37. The number of aromatic carboxylic acids is 1. The van der Waals surface area contributed by atoms with E-state index in [0.717, 1.165) is 21.5 Å². The van der Waals surface area contributed by atoms with Crippen LogP contribution in [0.2, 0.25) is 0 Å². The van der Waals surface area contributed by atoms with Crippen LogP contribution in [0.5, 0.6) is 0 Å². The number of hydrogen-bond acceptors (Lipinski definition) is 7. The minimum absolute atomic E-state index is 0.0857. The van der Waals surface area contributed by atoms with Crippen molar-refractivity contribution in [3.8, 4) is 0 Å². The number of fused-ring (bicyclic) bond motifs is 1. The third-order valence-electron chi connectivity index (χ3n) is 4.35. The average Bonchev–Trinajstić information content (AvgIpc) is 3.08. The molecule has 0 bridgehead atoms. The molecule has 0 fully saturated rings. The SMILES string of the molecule is Cc1ccc(S(=O)(=O)NC(=O)Cn2c(C(C)C)nc3scc(C(=O)O)c3c2=O)cc1. The molecule has 0 spiro atoms. The van der Waals surface area contributed by atoms with Gasteiger partial charge in [-0.05, 0) is 19.1 Å². The van der Waals surface area contributed by atoms with Crippen LogP contribution < -0.4 is 10.3 Å². The number of hydrogen-bond donors (Lipinski definition) is 2. The molecule has 0 atom stereocenters. The van der Waals surface area contributed by atoms with Gasteiger partial charge in [0.2, 0.25) is 0 Å². The smallest absolute Gasteiger partial charge is 0.337 e. The number of sulfonamides is 1. The molecule has 0 unspecified atom stereocenters. The van der Waals surface area contributed by atoms with E-state index in [-0.39, 0.29) is 32.4 Å². The number of nitrogens with zero attached hydrogens (tertiary/aromatic N) is 2. The number of aromatic nitrogens is 2. The summed E-state index contributed by atoms with van der Waals surface area (Å²) in [6.07, 6.45) is 0. The largest absolute Gasteiger partial charge is 0.478 e. The minimum Gasteiger partial charge on any atom is -0.478 e. The summed E-state index contributed by atoms with van der Waals surface area (Å²) in [6, 6.07) is 5.94. The first-order valence-electron chi connectivity index (χ1n) is 8.89. The monoisotopic (exact) mass is 449 g/mol. The molecule has 2 aromatic heterocycles. The molecule has 0 saturated heterocycles. The van der Waals surface area contributed by atoms with E-state index in [4.69, 9.17) is 0 Å². The summed E-state index contributed by atoms with van der Waals surface area (Å²) in [5.74, 6) is -2.23. The molecule has 0 radical (unpaired) electrons. The van der Waals surface area contributed by atoms with Crippen LogP contribution in [0.1, 0.15) is 41.5 Å². The van der Waals surface area contributed by atoms with Gasteiger partial charge in [0.1, 0.15) is 17.2 Å². The van der Waals surface area contributed by atoms with Gasteiger partial charge in [0.05, 0.1) is 15.8 Å². The Kier molecular flexibility index (Phi) is 5.77. The van der Waals surface area contributed by atoms with Crippen LogP contribution in [0.25, 0.3) is 10.2 Å². The lowest BCUT2D eigenvalue weighted by molar-refractivity contribution is -0.120. The van der Waals surface area contributed by atoms with Crippen molar-refractivity contribution in [2.24, 2.45) is 0 Å². The van der Waals surface area contributed by atoms with Crippen molar-refractivity contribution in [3.63, 3.8) is 0 Å². The minimum atomic E-state index is -4.12. The van der Waals surface area contributed by atoms with Gasteiger partial charge >= 0.3 is 5.97 Å². The van der Waals surface area contributed by atoms with Gasteiger partial charge in [-0.1, -0.05) is 31.5 Å². The number of carboxylic acid groups (broad SMARTS) is 1. The molecule has 158 valence electrons. The zero-order chi connectivity index (χ0) is 22.2. The Morgan fingerprint density at radius 3 is 2.43 bits per heavy atom. The molecule has 1 aromatic carbocycles. The van der Waals surface area contributed by atoms with Crippen molar-refractivity contribution in [1.29, 1.82) is 0 Å². The average molecular weight is 450 g/mol. The lowest BCUT2D eigenvalue weighted by atomic mass is 10.2. The van der Waals surface area contributed by atoms with E-state index < -0.39 is 34.0 Å². The van der Waals surface area contributed by atoms with E-state index >= 15 is 0 Å². The van der Waals surface area contributed by atoms with Crippen molar-refractivity contribution in [1.82, 2.24) is 14.3 Å². The molecule has 3 rings (SSSR count). The quantitative estimate of drug-likeness (QED) is 0.588. The molecule has 0 aliphatic rings. The van der Waals surface area contributed by atoms with Crippen LogP contribution in [0.4, 0.5) is 0 Å². The molecule has 0 aliphatic carbocycles. The molecule has 9 nitrogen and oxygen atoms in total. The fourth-order valence-corrected chi connectivity index (χ4v) is 4.78. The molecule has 0 saturated carbocycles. The molecule has 3 aromatic rings. The first-order chi connectivity index (χ1) is 14.0. The number of aryl methyl sites for hydroxylation is 1. The predicted octanol–water partition coefficient (Wildman–Crippen LogP) is 2.09. The summed E-state index contributed by atoms with van der Waals surface area (Å²) in [5, 5.41) is 10.5. The summed E-state index contributed by atoms with van der Waals surface area (Å²) >= 11 is 1.02. The Bertz CT molecular complexity index is 1300. The van der Waals surface area contributed by atoms with Gasteiger partial charge < -0.3 is 5.11 Å². The Balaban J connectivity index is 2.00. The zero-order valence-electron chi connectivity index (χ0n) is 16.4. The van der Waals surface area contributed by atoms with Crippen molar-refractivity contribution in [3.05, 3.63) is 57.0 Å². The fourth-order valence-electron chi connectivity index (χ4n) is 2.89. The number of carbonyl (C=O) groups excluding carboxylic acids is 1. The topological polar surface area (TPSA) is 135 Å². The summed E-state index contributed by atoms with van der Waals surface area (Å²) in [6.45, 7) is 4.70. The summed E-state index contributed by atoms with van der Waals surface area (Å²) in [5.41, 5.74) is -0.0488. The van der Waals surface area contributed by atoms with Crippen LogP contribution in [-0.4, -0.2) is 35.0 Å². The molecule has 1 amide bonds. The number of nitrogens with one attached hydrogen (secondary N) is 1. The van der Waals surface area contributed by atoms with Crippen LogP contribution in [0.15, 0.2) is 39.3 Å². The Morgan fingerprint density at radius 2 is 1.87 bits per heavy atom. The zero-order valence-corrected chi connectivity index (χ0v) is 18.0. The van der Waals surface area contributed by atoms with E-state index in [1.165, 1.54) is 17.5 Å². The van der Waals surface area contributed by atoms with Crippen LogP contribution in [0, 0.1) is 6.92 Å². The number of benzene rings is 1. The maximum absolute atomic E-state index is 13.0. The molecule has 11 heteroatoms. The second-order valence-corrected chi connectivity index (χ2v) is 9.53. The lowest BCUT2D eigenvalue weighted by Gasteiger charge is -2.15. The summed E-state index contributed by atoms with van der Waals surface area (Å²) in [4.78, 5) is 41.4. The Labute approximate surface area is 176 Å². The number of rotatable bonds is 6. The molecule has 30 heavy (non-hydrogen) atoms. The second-order valence-electron chi connectivity index (χ2n) is 6.99. The maximum atomic E-state index is 13.0. The highest BCUT2D eigenvalue weighted by Gasteiger charge is 2.24. The first-order valence-corrected chi connectivity index (χ1v) is 11.2. The normalized spacial score (nSPS) is 11.7. The Morgan fingerprint density at radius 1 is 1.23 bits per heavy atom. The number of carbonyl (C=O) groups is 2. The highest BCUT2D eigenvalue weighted by molar-refractivity contribution is 7.90. The van der Waals surface area contributed by atoms with E-state index in [9.17, 15) is 27.9 Å². The molecule has 2 N–H and O–H groups in total. The molecular weight excluding hydrogens is 430 g/mol. The van der Waals surface area contributed by atoms with Crippen molar-refractivity contribution < 1.29 is 23.1 Å². The Hall–Kier alpha value is -3.05. The van der Waals surface area contributed by atoms with Gasteiger partial charge in [0.25, 0.3) is 21.5 Å².